The molecule has 1 aliphatic rings. The van der Waals surface area contributed by atoms with Gasteiger partial charge in [-0.2, -0.15) is 0 Å². The Hall–Kier alpha value is -0.330. The molecule has 1 aromatic heterocycles. The van der Waals surface area contributed by atoms with E-state index >= 15 is 0 Å². The molecule has 58 valence electrons. The molecule has 3 nitrogen and oxygen atoms in total. The van der Waals surface area contributed by atoms with E-state index in [-0.39, 0.29) is 9.32 Å². The monoisotopic (exact) mass is 206 g/mol. The van der Waals surface area contributed by atoms with Crippen LogP contribution >= 0.6 is 22.1 Å². The molecule has 0 radical (unpaired) electrons. The molecule has 0 saturated heterocycles. The van der Waals surface area contributed by atoms with Gasteiger partial charge in [0.2, 0.25) is 14.0 Å². The van der Waals surface area contributed by atoms with E-state index in [1.54, 1.807) is 11.4 Å². The summed E-state index contributed by atoms with van der Waals surface area (Å²) in [5.74, 6) is 0. The van der Waals surface area contributed by atoms with Crippen LogP contribution in [0.1, 0.15) is 10.4 Å². The Labute approximate surface area is 70.7 Å². The van der Waals surface area contributed by atoms with Crippen molar-refractivity contribution < 1.29 is 13.2 Å². The molecule has 6 heteroatoms. The highest BCUT2D eigenvalue weighted by Crippen LogP contribution is 2.40. The molecule has 0 bridgehead atoms. The van der Waals surface area contributed by atoms with Crippen molar-refractivity contribution in [1.82, 2.24) is 0 Å². The predicted molar refractivity (Wildman–Crippen MR) is 43.4 cm³/mol. The van der Waals surface area contributed by atoms with Gasteiger partial charge in [-0.15, -0.1) is 11.3 Å². The summed E-state index contributed by atoms with van der Waals surface area (Å²) in [7, 11) is -2.92. The van der Waals surface area contributed by atoms with Crippen molar-refractivity contribution >= 4 is 36.1 Å². The van der Waals surface area contributed by atoms with Gasteiger partial charge in [-0.1, -0.05) is 0 Å². The van der Waals surface area contributed by atoms with Crippen LogP contribution in [-0.2, 0) is 8.87 Å². The first-order valence-electron chi connectivity index (χ1n) is 2.67. The van der Waals surface area contributed by atoms with Gasteiger partial charge < -0.3 is 0 Å². The van der Waals surface area contributed by atoms with E-state index in [2.05, 4.69) is 0 Å². The summed E-state index contributed by atoms with van der Waals surface area (Å²) < 4.78 is 22.4. The summed E-state index contributed by atoms with van der Waals surface area (Å²) in [5, 5.41) is 1.25. The zero-order chi connectivity index (χ0) is 8.06. The molecule has 0 spiro atoms. The molecule has 2 heterocycles. The van der Waals surface area contributed by atoms with Crippen LogP contribution in [0.3, 0.4) is 0 Å². The lowest BCUT2D eigenvalue weighted by atomic mass is 10.4. The average Bonchev–Trinajstić information content (AvgIpc) is 2.37. The number of fused-ring (bicyclic) bond motifs is 1. The zero-order valence-corrected chi connectivity index (χ0v) is 7.55. The Morgan fingerprint density at radius 1 is 1.36 bits per heavy atom. The van der Waals surface area contributed by atoms with Crippen LogP contribution in [0.15, 0.2) is 15.7 Å². The van der Waals surface area contributed by atoms with Crippen molar-refractivity contribution in [2.45, 2.75) is 4.21 Å². The summed E-state index contributed by atoms with van der Waals surface area (Å²) in [6.07, 6.45) is 0. The fourth-order valence-electron chi connectivity index (χ4n) is 0.823. The second-order valence-electron chi connectivity index (χ2n) is 1.95. The maximum absolute atomic E-state index is 11.1. The van der Waals surface area contributed by atoms with Crippen molar-refractivity contribution in [3.63, 3.8) is 0 Å². The van der Waals surface area contributed by atoms with Crippen LogP contribution in [0.2, 0.25) is 0 Å². The van der Waals surface area contributed by atoms with Crippen molar-refractivity contribution in [2.75, 3.05) is 0 Å². The van der Waals surface area contributed by atoms with Crippen LogP contribution in [0.5, 0.6) is 0 Å². The molecule has 0 aliphatic carbocycles. The molecular formula is C5H2O3S3. The van der Waals surface area contributed by atoms with E-state index in [1.807, 2.05) is 0 Å². The van der Waals surface area contributed by atoms with Crippen LogP contribution in [0.4, 0.5) is 0 Å². The smallest absolute Gasteiger partial charge is 0.247 e. The zero-order valence-electron chi connectivity index (χ0n) is 5.10. The number of carbonyl (C=O) groups is 1. The van der Waals surface area contributed by atoms with Crippen molar-refractivity contribution in [1.29, 1.82) is 0 Å². The molecule has 11 heavy (non-hydrogen) atoms. The number of hydrogen-bond acceptors (Lipinski definition) is 5. The topological polar surface area (TPSA) is 51.2 Å². The lowest BCUT2D eigenvalue weighted by Gasteiger charge is -1.83. The quantitative estimate of drug-likeness (QED) is 0.601. The van der Waals surface area contributed by atoms with Gasteiger partial charge in [0.25, 0.3) is 0 Å². The number of thiophene rings is 1. The summed E-state index contributed by atoms with van der Waals surface area (Å²) in [6, 6.07) is 1.54. The second kappa shape index (κ2) is 2.09. The van der Waals surface area contributed by atoms with E-state index < -0.39 is 8.87 Å². The van der Waals surface area contributed by atoms with Crippen molar-refractivity contribution in [2.24, 2.45) is 0 Å². The summed E-state index contributed by atoms with van der Waals surface area (Å²) >= 11 is 1.09. The molecule has 2 rings (SSSR count). The van der Waals surface area contributed by atoms with Crippen LogP contribution in [-0.4, -0.2) is 13.5 Å². The maximum Gasteiger partial charge on any atom is 0.247 e. The van der Waals surface area contributed by atoms with E-state index in [0.29, 0.717) is 16.4 Å². The molecule has 0 amide bonds. The van der Waals surface area contributed by atoms with Gasteiger partial charge in [-0.25, -0.2) is 8.42 Å². The van der Waals surface area contributed by atoms with Gasteiger partial charge in [0.1, 0.15) is 4.21 Å². The number of hydrogen-bond donors (Lipinski definition) is 0. The van der Waals surface area contributed by atoms with Gasteiger partial charge in [0, 0.05) is 0 Å². The second-order valence-corrected chi connectivity index (χ2v) is 6.79. The summed E-state index contributed by atoms with van der Waals surface area (Å²) in [6.45, 7) is 0. The molecule has 0 fully saturated rings. The molecule has 0 N–H and O–H groups in total. The highest BCUT2D eigenvalue weighted by Gasteiger charge is 2.35. The van der Waals surface area contributed by atoms with E-state index in [0.717, 1.165) is 11.3 Å². The Morgan fingerprint density at radius 3 is 2.73 bits per heavy atom. The maximum atomic E-state index is 11.1. The molecule has 0 aromatic carbocycles. The van der Waals surface area contributed by atoms with Crippen LogP contribution in [0, 0.1) is 0 Å². The van der Waals surface area contributed by atoms with Gasteiger partial charge in [-0.05, 0) is 11.4 Å². The minimum absolute atomic E-state index is 0.201. The minimum Gasteiger partial charge on any atom is -0.280 e. The normalized spacial score (nSPS) is 20.2. The lowest BCUT2D eigenvalue weighted by molar-refractivity contribution is 0.109. The first-order chi connectivity index (χ1) is 5.11. The molecule has 1 aromatic rings. The SMILES string of the molecule is O=C1SS(=O)(=O)c2sccc21. The Balaban J connectivity index is 2.83. The average molecular weight is 206 g/mol. The number of rotatable bonds is 0. The van der Waals surface area contributed by atoms with Crippen molar-refractivity contribution in [3.05, 3.63) is 17.0 Å². The molecule has 0 atom stereocenters. The van der Waals surface area contributed by atoms with Crippen LogP contribution in [0.25, 0.3) is 0 Å². The van der Waals surface area contributed by atoms with E-state index in [9.17, 15) is 13.2 Å². The van der Waals surface area contributed by atoms with Gasteiger partial charge in [0.15, 0.2) is 0 Å². The van der Waals surface area contributed by atoms with E-state index in [1.165, 1.54) is 0 Å². The van der Waals surface area contributed by atoms with Gasteiger partial charge in [0.05, 0.1) is 16.4 Å². The highest BCUT2D eigenvalue weighted by molar-refractivity contribution is 8.79. The minimum atomic E-state index is -3.33. The van der Waals surface area contributed by atoms with Gasteiger partial charge in [-0.3, -0.25) is 4.79 Å². The molecular weight excluding hydrogens is 204 g/mol. The Bertz CT molecular complexity index is 414. The molecule has 0 saturated carbocycles. The third-order valence-electron chi connectivity index (χ3n) is 1.26. The third-order valence-corrected chi connectivity index (χ3v) is 6.11. The largest absolute Gasteiger partial charge is 0.280 e. The fraction of sp³-hybridized carbons (Fsp3) is 0. The lowest BCUT2D eigenvalue weighted by Crippen LogP contribution is -1.84. The van der Waals surface area contributed by atoms with E-state index in [4.69, 9.17) is 0 Å². The predicted octanol–water partition coefficient (Wildman–Crippen LogP) is 1.32. The van der Waals surface area contributed by atoms with Gasteiger partial charge >= 0.3 is 0 Å². The van der Waals surface area contributed by atoms with Crippen molar-refractivity contribution in [3.8, 4) is 0 Å². The highest BCUT2D eigenvalue weighted by atomic mass is 33.1. The summed E-state index contributed by atoms with van der Waals surface area (Å²) in [5.41, 5.74) is 0.333. The fourth-order valence-corrected chi connectivity index (χ4v) is 5.19. The first-order valence-corrected chi connectivity index (χ1v) is 6.37. The first kappa shape index (κ1) is 7.33. The molecule has 1 aliphatic heterocycles. The standard InChI is InChI=1S/C5H2O3S3/c6-4-3-1-2-9-5(3)11(7,8)10-4/h1-2H. The third kappa shape index (κ3) is 0.935. The Morgan fingerprint density at radius 2 is 2.09 bits per heavy atom. The van der Waals surface area contributed by atoms with Crippen LogP contribution < -0.4 is 0 Å². The number of carbonyl (C=O) groups excluding carboxylic acids is 1. The Kier molecular flexibility index (Phi) is 1.39. The summed E-state index contributed by atoms with van der Waals surface area (Å²) in [4.78, 5) is 10.9. The molecule has 0 unspecified atom stereocenters.